The molecule has 0 aliphatic carbocycles. The molecule has 1 atom stereocenters. The highest BCUT2D eigenvalue weighted by Crippen LogP contribution is 2.26. The summed E-state index contributed by atoms with van der Waals surface area (Å²) in [7, 11) is 0. The molecule has 1 amide bonds. The highest BCUT2D eigenvalue weighted by molar-refractivity contribution is 7.99. The van der Waals surface area contributed by atoms with Gasteiger partial charge in [0.15, 0.2) is 0 Å². The first-order valence-electron chi connectivity index (χ1n) is 7.46. The number of ether oxygens (including phenoxy) is 1. The first kappa shape index (κ1) is 17.3. The van der Waals surface area contributed by atoms with E-state index in [2.05, 4.69) is 9.97 Å². The Labute approximate surface area is 140 Å². The second-order valence-electron chi connectivity index (χ2n) is 6.30. The molecule has 1 aromatic heterocycles. The van der Waals surface area contributed by atoms with Crippen molar-refractivity contribution in [2.75, 3.05) is 12.3 Å². The average molecular weight is 344 g/mol. The normalized spacial score (nSPS) is 19.1. The van der Waals surface area contributed by atoms with Gasteiger partial charge >= 0.3 is 6.09 Å². The van der Waals surface area contributed by atoms with Crippen molar-refractivity contribution < 1.29 is 9.53 Å². The maximum atomic E-state index is 12.3. The molecule has 5 nitrogen and oxygen atoms in total. The summed E-state index contributed by atoms with van der Waals surface area (Å²) in [5, 5.41) is 1.08. The Hall–Kier alpha value is -1.01. The largest absolute Gasteiger partial charge is 0.444 e. The van der Waals surface area contributed by atoms with Crippen molar-refractivity contribution >= 4 is 29.5 Å². The van der Waals surface area contributed by atoms with Crippen LogP contribution >= 0.6 is 23.4 Å². The monoisotopic (exact) mass is 343 g/mol. The highest BCUT2D eigenvalue weighted by Gasteiger charge is 2.30. The van der Waals surface area contributed by atoms with Crippen LogP contribution in [0.4, 0.5) is 4.79 Å². The molecule has 1 aromatic rings. The molecule has 0 bridgehead atoms. The van der Waals surface area contributed by atoms with Crippen LogP contribution in [0, 0.1) is 0 Å². The minimum atomic E-state index is -0.466. The van der Waals surface area contributed by atoms with Crippen LogP contribution in [0.2, 0.25) is 5.28 Å². The highest BCUT2D eigenvalue weighted by atomic mass is 35.5. The molecule has 1 saturated heterocycles. The summed E-state index contributed by atoms with van der Waals surface area (Å²) < 4.78 is 5.51. The van der Waals surface area contributed by atoms with Crippen LogP contribution in [-0.4, -0.2) is 44.9 Å². The van der Waals surface area contributed by atoms with Gasteiger partial charge in [0.05, 0.1) is 0 Å². The molecule has 0 radical (unpaired) electrons. The van der Waals surface area contributed by atoms with Crippen molar-refractivity contribution in [3.63, 3.8) is 0 Å². The number of hydrogen-bond donors (Lipinski definition) is 0. The van der Waals surface area contributed by atoms with E-state index in [9.17, 15) is 4.79 Å². The Morgan fingerprint density at radius 2 is 2.27 bits per heavy atom. The van der Waals surface area contributed by atoms with E-state index in [-0.39, 0.29) is 17.4 Å². The van der Waals surface area contributed by atoms with Crippen LogP contribution in [0.3, 0.4) is 0 Å². The Bertz CT molecular complexity index is 522. The Balaban J connectivity index is 1.96. The zero-order valence-electron chi connectivity index (χ0n) is 13.2. The molecule has 1 aliphatic rings. The van der Waals surface area contributed by atoms with Crippen LogP contribution in [-0.2, 0) is 4.74 Å². The number of amides is 1. The third-order valence-electron chi connectivity index (χ3n) is 3.28. The molecule has 122 valence electrons. The van der Waals surface area contributed by atoms with E-state index in [4.69, 9.17) is 16.3 Å². The van der Waals surface area contributed by atoms with Crippen molar-refractivity contribution in [1.29, 1.82) is 0 Å². The molecule has 1 unspecified atom stereocenters. The third-order valence-corrected chi connectivity index (χ3v) is 4.54. The lowest BCUT2D eigenvalue weighted by atomic mass is 10.0. The standard InChI is InChI=1S/C15H22ClN3O2S/c1-15(2,3)21-14(20)19-9-5-4-6-11(19)10-22-12-7-8-17-13(16)18-12/h7-8,11H,4-6,9-10H2,1-3H3. The SMILES string of the molecule is CC(C)(C)OC(=O)N1CCCCC1CSc1ccnc(Cl)n1. The molecule has 2 rings (SSSR count). The van der Waals surface area contributed by atoms with Gasteiger partial charge in [-0.3, -0.25) is 0 Å². The van der Waals surface area contributed by atoms with Gasteiger partial charge in [0, 0.05) is 24.5 Å². The molecule has 0 saturated carbocycles. The Morgan fingerprint density at radius 1 is 1.50 bits per heavy atom. The minimum absolute atomic E-state index is 0.169. The van der Waals surface area contributed by atoms with Crippen molar-refractivity contribution in [3.8, 4) is 0 Å². The molecule has 0 N–H and O–H groups in total. The molecule has 1 fully saturated rings. The number of halogens is 1. The summed E-state index contributed by atoms with van der Waals surface area (Å²) in [6.45, 7) is 6.43. The zero-order chi connectivity index (χ0) is 16.2. The van der Waals surface area contributed by atoms with Gasteiger partial charge in [-0.2, -0.15) is 0 Å². The maximum Gasteiger partial charge on any atom is 0.410 e. The lowest BCUT2D eigenvalue weighted by Gasteiger charge is -2.36. The van der Waals surface area contributed by atoms with E-state index >= 15 is 0 Å². The molecular weight excluding hydrogens is 322 g/mol. The van der Waals surface area contributed by atoms with Gasteiger partial charge in [0.25, 0.3) is 0 Å². The van der Waals surface area contributed by atoms with Gasteiger partial charge in [-0.15, -0.1) is 11.8 Å². The van der Waals surface area contributed by atoms with E-state index in [1.165, 1.54) is 0 Å². The number of nitrogens with zero attached hydrogens (tertiary/aromatic N) is 3. The second-order valence-corrected chi connectivity index (χ2v) is 7.68. The zero-order valence-corrected chi connectivity index (χ0v) is 14.8. The van der Waals surface area contributed by atoms with Crippen LogP contribution in [0.25, 0.3) is 0 Å². The van der Waals surface area contributed by atoms with Gasteiger partial charge in [-0.05, 0) is 57.7 Å². The van der Waals surface area contributed by atoms with E-state index < -0.39 is 5.60 Å². The number of hydrogen-bond acceptors (Lipinski definition) is 5. The first-order chi connectivity index (χ1) is 10.3. The number of thioether (sulfide) groups is 1. The summed E-state index contributed by atoms with van der Waals surface area (Å²) in [5.41, 5.74) is -0.466. The van der Waals surface area contributed by atoms with Crippen LogP contribution < -0.4 is 0 Å². The van der Waals surface area contributed by atoms with E-state index in [0.29, 0.717) is 0 Å². The van der Waals surface area contributed by atoms with Crippen LogP contribution in [0.15, 0.2) is 17.3 Å². The number of rotatable bonds is 3. The minimum Gasteiger partial charge on any atom is -0.444 e. The molecule has 2 heterocycles. The van der Waals surface area contributed by atoms with E-state index in [1.807, 2.05) is 31.7 Å². The fourth-order valence-corrected chi connectivity index (χ4v) is 3.53. The van der Waals surface area contributed by atoms with Crippen molar-refractivity contribution in [2.45, 2.75) is 56.7 Å². The van der Waals surface area contributed by atoms with Gasteiger partial charge in [0.1, 0.15) is 10.6 Å². The van der Waals surface area contributed by atoms with Gasteiger partial charge in [-0.1, -0.05) is 0 Å². The Morgan fingerprint density at radius 3 is 2.95 bits per heavy atom. The maximum absolute atomic E-state index is 12.3. The van der Waals surface area contributed by atoms with E-state index in [0.717, 1.165) is 36.6 Å². The quantitative estimate of drug-likeness (QED) is 0.471. The van der Waals surface area contributed by atoms with E-state index in [1.54, 1.807) is 18.0 Å². The molecule has 22 heavy (non-hydrogen) atoms. The van der Waals surface area contributed by atoms with Crippen LogP contribution in [0.1, 0.15) is 40.0 Å². The molecule has 0 spiro atoms. The molecule has 0 aromatic carbocycles. The van der Waals surface area contributed by atoms with Crippen molar-refractivity contribution in [3.05, 3.63) is 17.5 Å². The summed E-state index contributed by atoms with van der Waals surface area (Å²) in [4.78, 5) is 22.2. The predicted octanol–water partition coefficient (Wildman–Crippen LogP) is 4.01. The molecule has 1 aliphatic heterocycles. The summed E-state index contributed by atoms with van der Waals surface area (Å²) >= 11 is 7.39. The predicted molar refractivity (Wildman–Crippen MR) is 88.3 cm³/mol. The average Bonchev–Trinajstić information content (AvgIpc) is 2.44. The van der Waals surface area contributed by atoms with Crippen molar-refractivity contribution in [1.82, 2.24) is 14.9 Å². The smallest absolute Gasteiger partial charge is 0.410 e. The molecule has 7 heteroatoms. The summed E-state index contributed by atoms with van der Waals surface area (Å²) in [6, 6.07) is 2.00. The number of aromatic nitrogens is 2. The first-order valence-corrected chi connectivity index (χ1v) is 8.82. The number of carbonyl (C=O) groups is 1. The number of likely N-dealkylation sites (tertiary alicyclic amines) is 1. The second kappa shape index (κ2) is 7.51. The Kier molecular flexibility index (Phi) is 5.92. The fourth-order valence-electron chi connectivity index (χ4n) is 2.32. The van der Waals surface area contributed by atoms with Gasteiger partial charge in [0.2, 0.25) is 5.28 Å². The topological polar surface area (TPSA) is 55.3 Å². The summed E-state index contributed by atoms with van der Waals surface area (Å²) in [6.07, 6.45) is 4.57. The number of piperidine rings is 1. The molecular formula is C15H22ClN3O2S. The van der Waals surface area contributed by atoms with Gasteiger partial charge in [-0.25, -0.2) is 14.8 Å². The van der Waals surface area contributed by atoms with Crippen LogP contribution in [0.5, 0.6) is 0 Å². The van der Waals surface area contributed by atoms with Gasteiger partial charge < -0.3 is 9.64 Å². The lowest BCUT2D eigenvalue weighted by Crippen LogP contribution is -2.47. The number of carbonyl (C=O) groups excluding carboxylic acids is 1. The van der Waals surface area contributed by atoms with Crippen molar-refractivity contribution in [2.24, 2.45) is 0 Å². The fraction of sp³-hybridized carbons (Fsp3) is 0.667. The third kappa shape index (κ3) is 5.32. The summed E-state index contributed by atoms with van der Waals surface area (Å²) in [5.74, 6) is 0.784. The lowest BCUT2D eigenvalue weighted by molar-refractivity contribution is 0.0126.